The van der Waals surface area contributed by atoms with E-state index in [1.807, 2.05) is 48.6 Å². The minimum absolute atomic E-state index is 0.233. The summed E-state index contributed by atoms with van der Waals surface area (Å²) in [7, 11) is 1.50. The lowest BCUT2D eigenvalue weighted by Gasteiger charge is -2.02. The van der Waals surface area contributed by atoms with Crippen LogP contribution in [-0.2, 0) is 0 Å². The maximum Gasteiger partial charge on any atom is 0.261 e. The largest absolute Gasteiger partial charge is 0.277 e. The predicted octanol–water partition coefficient (Wildman–Crippen LogP) is 3.08. The van der Waals surface area contributed by atoms with E-state index in [2.05, 4.69) is 0 Å². The smallest absolute Gasteiger partial charge is 0.261 e. The first-order valence-electron chi connectivity index (χ1n) is 6.36. The van der Waals surface area contributed by atoms with Gasteiger partial charge < -0.3 is 0 Å². The minimum atomic E-state index is -0.236. The van der Waals surface area contributed by atoms with Crippen LogP contribution in [0, 0.1) is 0 Å². The fourth-order valence-electron chi connectivity index (χ4n) is 2.24. The Labute approximate surface area is 117 Å². The SMILES string of the molecule is CN1C(=O)c2ccc(/C=C/c3ccccc3)cc2C1=O. The fraction of sp³-hybridized carbons (Fsp3) is 0.0588. The Kier molecular flexibility index (Phi) is 2.95. The fourth-order valence-corrected chi connectivity index (χ4v) is 2.24. The Balaban J connectivity index is 1.93. The van der Waals surface area contributed by atoms with Crippen LogP contribution in [0.4, 0.5) is 0 Å². The molecule has 0 N–H and O–H groups in total. The van der Waals surface area contributed by atoms with Crippen molar-refractivity contribution in [2.45, 2.75) is 0 Å². The van der Waals surface area contributed by atoms with E-state index in [4.69, 9.17) is 0 Å². The molecule has 20 heavy (non-hydrogen) atoms. The van der Waals surface area contributed by atoms with Gasteiger partial charge in [0.05, 0.1) is 11.1 Å². The van der Waals surface area contributed by atoms with Gasteiger partial charge in [0.2, 0.25) is 0 Å². The van der Waals surface area contributed by atoms with Gasteiger partial charge in [0, 0.05) is 7.05 Å². The molecule has 0 saturated heterocycles. The van der Waals surface area contributed by atoms with Crippen LogP contribution in [0.5, 0.6) is 0 Å². The summed E-state index contributed by atoms with van der Waals surface area (Å²) in [6.45, 7) is 0. The maximum atomic E-state index is 11.9. The third-order valence-electron chi connectivity index (χ3n) is 3.38. The molecule has 0 unspecified atom stereocenters. The molecular weight excluding hydrogens is 250 g/mol. The molecule has 2 amide bonds. The van der Waals surface area contributed by atoms with E-state index in [0.717, 1.165) is 16.0 Å². The molecule has 1 heterocycles. The van der Waals surface area contributed by atoms with Crippen molar-refractivity contribution in [3.8, 4) is 0 Å². The van der Waals surface area contributed by atoms with Crippen LogP contribution in [0.2, 0.25) is 0 Å². The van der Waals surface area contributed by atoms with Gasteiger partial charge >= 0.3 is 0 Å². The Morgan fingerprint density at radius 3 is 2.20 bits per heavy atom. The summed E-state index contributed by atoms with van der Waals surface area (Å²) < 4.78 is 0. The van der Waals surface area contributed by atoms with Crippen LogP contribution in [0.3, 0.4) is 0 Å². The molecule has 0 fully saturated rings. The highest BCUT2D eigenvalue weighted by molar-refractivity contribution is 6.21. The van der Waals surface area contributed by atoms with E-state index in [1.165, 1.54) is 7.05 Å². The predicted molar refractivity (Wildman–Crippen MR) is 78.2 cm³/mol. The molecule has 3 heteroatoms. The van der Waals surface area contributed by atoms with Crippen molar-refractivity contribution >= 4 is 24.0 Å². The van der Waals surface area contributed by atoms with Crippen LogP contribution < -0.4 is 0 Å². The Bertz CT molecular complexity index is 717. The molecule has 0 aliphatic carbocycles. The number of hydrogen-bond acceptors (Lipinski definition) is 2. The monoisotopic (exact) mass is 263 g/mol. The molecule has 0 saturated carbocycles. The lowest BCUT2D eigenvalue weighted by molar-refractivity contribution is 0.0693. The zero-order chi connectivity index (χ0) is 14.1. The first-order valence-corrected chi connectivity index (χ1v) is 6.36. The second-order valence-corrected chi connectivity index (χ2v) is 4.72. The maximum absolute atomic E-state index is 11.9. The lowest BCUT2D eigenvalue weighted by Crippen LogP contribution is -2.24. The number of rotatable bonds is 2. The van der Waals surface area contributed by atoms with Crippen molar-refractivity contribution in [3.63, 3.8) is 0 Å². The van der Waals surface area contributed by atoms with Gasteiger partial charge in [-0.3, -0.25) is 14.5 Å². The van der Waals surface area contributed by atoms with Crippen LogP contribution in [-0.4, -0.2) is 23.8 Å². The van der Waals surface area contributed by atoms with Crippen molar-refractivity contribution in [2.75, 3.05) is 7.05 Å². The molecule has 3 nitrogen and oxygen atoms in total. The van der Waals surface area contributed by atoms with E-state index in [9.17, 15) is 9.59 Å². The lowest BCUT2D eigenvalue weighted by atomic mass is 10.0. The molecule has 2 aromatic carbocycles. The quantitative estimate of drug-likeness (QED) is 0.616. The topological polar surface area (TPSA) is 37.4 Å². The summed E-state index contributed by atoms with van der Waals surface area (Å²) in [5, 5.41) is 0. The van der Waals surface area contributed by atoms with Gasteiger partial charge in [-0.2, -0.15) is 0 Å². The Morgan fingerprint density at radius 2 is 1.45 bits per heavy atom. The second-order valence-electron chi connectivity index (χ2n) is 4.72. The van der Waals surface area contributed by atoms with E-state index >= 15 is 0 Å². The average molecular weight is 263 g/mol. The molecule has 1 aliphatic rings. The zero-order valence-electron chi connectivity index (χ0n) is 11.0. The second kappa shape index (κ2) is 4.78. The summed E-state index contributed by atoms with van der Waals surface area (Å²) in [4.78, 5) is 24.8. The number of imide groups is 1. The minimum Gasteiger partial charge on any atom is -0.277 e. The molecule has 0 bridgehead atoms. The van der Waals surface area contributed by atoms with Crippen molar-refractivity contribution in [2.24, 2.45) is 0 Å². The number of carbonyl (C=O) groups excluding carboxylic acids is 2. The third-order valence-corrected chi connectivity index (χ3v) is 3.38. The summed E-state index contributed by atoms with van der Waals surface area (Å²) in [5.41, 5.74) is 2.96. The molecule has 98 valence electrons. The Hall–Kier alpha value is -2.68. The van der Waals surface area contributed by atoms with Crippen molar-refractivity contribution in [1.82, 2.24) is 4.90 Å². The molecule has 0 atom stereocenters. The van der Waals surface area contributed by atoms with Gasteiger partial charge in [0.25, 0.3) is 11.8 Å². The van der Waals surface area contributed by atoms with Gasteiger partial charge in [-0.15, -0.1) is 0 Å². The first-order chi connectivity index (χ1) is 9.66. The average Bonchev–Trinajstić information content (AvgIpc) is 2.71. The molecule has 0 spiro atoms. The Morgan fingerprint density at radius 1 is 0.800 bits per heavy atom. The third kappa shape index (κ3) is 2.03. The summed E-state index contributed by atoms with van der Waals surface area (Å²) in [6.07, 6.45) is 3.92. The van der Waals surface area contributed by atoms with E-state index in [-0.39, 0.29) is 11.8 Å². The molecule has 2 aromatic rings. The zero-order valence-corrected chi connectivity index (χ0v) is 11.0. The molecule has 0 radical (unpaired) electrons. The number of carbonyl (C=O) groups is 2. The molecule has 1 aliphatic heterocycles. The highest BCUT2D eigenvalue weighted by atomic mass is 16.2. The van der Waals surface area contributed by atoms with Gasteiger partial charge in [-0.1, -0.05) is 48.6 Å². The highest BCUT2D eigenvalue weighted by Crippen LogP contribution is 2.23. The van der Waals surface area contributed by atoms with Gasteiger partial charge in [-0.05, 0) is 23.3 Å². The molecule has 0 aromatic heterocycles. The summed E-state index contributed by atoms with van der Waals surface area (Å²) in [6, 6.07) is 15.2. The van der Waals surface area contributed by atoms with Gasteiger partial charge in [-0.25, -0.2) is 0 Å². The van der Waals surface area contributed by atoms with Crippen molar-refractivity contribution < 1.29 is 9.59 Å². The van der Waals surface area contributed by atoms with Gasteiger partial charge in [0.1, 0.15) is 0 Å². The van der Waals surface area contributed by atoms with E-state index in [1.54, 1.807) is 12.1 Å². The van der Waals surface area contributed by atoms with E-state index < -0.39 is 0 Å². The molecule has 3 rings (SSSR count). The van der Waals surface area contributed by atoms with Crippen LogP contribution in [0.25, 0.3) is 12.2 Å². The van der Waals surface area contributed by atoms with Crippen LogP contribution in [0.1, 0.15) is 31.8 Å². The number of nitrogens with zero attached hydrogens (tertiary/aromatic N) is 1. The number of benzene rings is 2. The number of amides is 2. The number of fused-ring (bicyclic) bond motifs is 1. The normalized spacial score (nSPS) is 14.2. The highest BCUT2D eigenvalue weighted by Gasteiger charge is 2.32. The van der Waals surface area contributed by atoms with Crippen molar-refractivity contribution in [3.05, 3.63) is 70.8 Å². The first kappa shape index (κ1) is 12.4. The van der Waals surface area contributed by atoms with Gasteiger partial charge in [0.15, 0.2) is 0 Å². The standard InChI is InChI=1S/C17H13NO2/c1-18-16(19)14-10-9-13(11-15(14)17(18)20)8-7-12-5-3-2-4-6-12/h2-11H,1H3/b8-7+. The molecular formula is C17H13NO2. The van der Waals surface area contributed by atoms with Crippen LogP contribution >= 0.6 is 0 Å². The summed E-state index contributed by atoms with van der Waals surface area (Å²) in [5.74, 6) is -0.469. The number of hydrogen-bond donors (Lipinski definition) is 0. The van der Waals surface area contributed by atoms with E-state index in [0.29, 0.717) is 11.1 Å². The van der Waals surface area contributed by atoms with Crippen LogP contribution in [0.15, 0.2) is 48.5 Å². The summed E-state index contributed by atoms with van der Waals surface area (Å²) >= 11 is 0. The van der Waals surface area contributed by atoms with Crippen molar-refractivity contribution in [1.29, 1.82) is 0 Å².